The molecule has 0 bridgehead atoms. The van der Waals surface area contributed by atoms with Crippen molar-refractivity contribution in [3.8, 4) is 0 Å². The molecule has 0 unspecified atom stereocenters. The van der Waals surface area contributed by atoms with Crippen molar-refractivity contribution in [3.63, 3.8) is 0 Å². The van der Waals surface area contributed by atoms with Crippen LogP contribution in [0.3, 0.4) is 0 Å². The molecular weight excluding hydrogens is 396 g/mol. The summed E-state index contributed by atoms with van der Waals surface area (Å²) in [6.07, 6.45) is 3.36. The number of hydrogen-bond acceptors (Lipinski definition) is 5. The van der Waals surface area contributed by atoms with E-state index in [1.807, 2.05) is 30.4 Å². The van der Waals surface area contributed by atoms with E-state index in [0.29, 0.717) is 5.56 Å². The maximum absolute atomic E-state index is 12.7. The Labute approximate surface area is 182 Å². The van der Waals surface area contributed by atoms with E-state index in [4.69, 9.17) is 18.6 Å². The lowest BCUT2D eigenvalue weighted by atomic mass is 9.89. The Hall–Kier alpha value is -1.47. The average molecular weight is 435 g/mol. The Kier molecular flexibility index (Phi) is 9.75. The maximum Gasteiger partial charge on any atom is 0.338 e. The predicted octanol–water partition coefficient (Wildman–Crippen LogP) is 5.43. The van der Waals surface area contributed by atoms with Crippen LogP contribution in [-0.2, 0) is 18.6 Å². The third-order valence-electron chi connectivity index (χ3n) is 6.51. The molecule has 30 heavy (non-hydrogen) atoms. The fourth-order valence-corrected chi connectivity index (χ4v) is 7.20. The molecule has 0 spiro atoms. The van der Waals surface area contributed by atoms with Gasteiger partial charge < -0.3 is 18.6 Å². The van der Waals surface area contributed by atoms with E-state index in [-0.39, 0.29) is 42.9 Å². The highest BCUT2D eigenvalue weighted by Crippen LogP contribution is 2.35. The van der Waals surface area contributed by atoms with Crippen LogP contribution >= 0.6 is 0 Å². The van der Waals surface area contributed by atoms with E-state index in [1.165, 1.54) is 0 Å². The van der Waals surface area contributed by atoms with Gasteiger partial charge in [0.25, 0.3) is 0 Å². The number of methoxy groups -OCH3 is 1. The lowest BCUT2D eigenvalue weighted by molar-refractivity contribution is -0.0933. The number of carbonyl (C=O) groups excluding carboxylic acids is 1. The zero-order chi connectivity index (χ0) is 22.1. The molecular formula is C24H38O5Si. The van der Waals surface area contributed by atoms with Crippen LogP contribution in [0.25, 0.3) is 0 Å². The van der Waals surface area contributed by atoms with Crippen LogP contribution in [0.5, 0.6) is 0 Å². The van der Waals surface area contributed by atoms with Crippen molar-refractivity contribution in [2.24, 2.45) is 11.8 Å². The van der Waals surface area contributed by atoms with Crippen LogP contribution in [0.2, 0.25) is 18.1 Å². The summed E-state index contributed by atoms with van der Waals surface area (Å²) in [5, 5.41) is 0. The Morgan fingerprint density at radius 2 is 1.50 bits per heavy atom. The third-order valence-corrected chi connectivity index (χ3v) is 11.2. The van der Waals surface area contributed by atoms with Gasteiger partial charge in [-0.3, -0.25) is 0 Å². The van der Waals surface area contributed by atoms with Gasteiger partial charge in [0, 0.05) is 18.9 Å². The monoisotopic (exact) mass is 434 g/mol. The summed E-state index contributed by atoms with van der Waals surface area (Å²) in [4.78, 5) is 12.7. The van der Waals surface area contributed by atoms with Gasteiger partial charge in [0.2, 0.25) is 0 Å². The topological polar surface area (TPSA) is 54.0 Å². The Balaban J connectivity index is 2.30. The Morgan fingerprint density at radius 1 is 0.933 bits per heavy atom. The summed E-state index contributed by atoms with van der Waals surface area (Å²) in [6, 6.07) is 12.3. The van der Waals surface area contributed by atoms with Crippen molar-refractivity contribution >= 4 is 14.3 Å². The molecule has 0 aromatic heterocycles. The van der Waals surface area contributed by atoms with E-state index in [1.54, 1.807) is 19.2 Å². The first-order chi connectivity index (χ1) is 14.4. The van der Waals surface area contributed by atoms with Gasteiger partial charge in [-0.15, -0.1) is 0 Å². The van der Waals surface area contributed by atoms with Crippen LogP contribution in [0, 0.1) is 11.8 Å². The first-order valence-electron chi connectivity index (χ1n) is 11.1. The van der Waals surface area contributed by atoms with Crippen LogP contribution in [0.4, 0.5) is 0 Å². The fourth-order valence-electron chi connectivity index (χ4n) is 4.19. The lowest BCUT2D eigenvalue weighted by Crippen LogP contribution is -2.48. The van der Waals surface area contributed by atoms with Gasteiger partial charge in [0.1, 0.15) is 12.9 Å². The van der Waals surface area contributed by atoms with Gasteiger partial charge in [-0.1, -0.05) is 58.9 Å². The molecule has 5 atom stereocenters. The van der Waals surface area contributed by atoms with E-state index in [2.05, 4.69) is 34.6 Å². The van der Waals surface area contributed by atoms with Gasteiger partial charge >= 0.3 is 5.97 Å². The van der Waals surface area contributed by atoms with Crippen LogP contribution in [0.1, 0.15) is 45.0 Å². The highest BCUT2D eigenvalue weighted by molar-refractivity contribution is 6.73. The minimum absolute atomic E-state index is 0.0107. The second kappa shape index (κ2) is 11.8. The average Bonchev–Trinajstić information content (AvgIpc) is 2.88. The molecule has 1 aliphatic carbocycles. The molecule has 0 radical (unpaired) electrons. The highest BCUT2D eigenvalue weighted by Gasteiger charge is 2.42. The molecule has 1 aliphatic rings. The number of benzene rings is 1. The van der Waals surface area contributed by atoms with Crippen molar-refractivity contribution < 1.29 is 23.4 Å². The molecule has 6 heteroatoms. The number of esters is 1. The van der Waals surface area contributed by atoms with E-state index in [0.717, 1.165) is 18.1 Å². The first-order valence-corrected chi connectivity index (χ1v) is 13.7. The molecule has 0 saturated heterocycles. The molecule has 1 aromatic carbocycles. The number of ether oxygens (including phenoxy) is 3. The van der Waals surface area contributed by atoms with Gasteiger partial charge in [-0.2, -0.15) is 0 Å². The van der Waals surface area contributed by atoms with Crippen molar-refractivity contribution in [1.82, 2.24) is 0 Å². The SMILES string of the molecule is CC[Si](CC)(CC)O[C@H]1[C@@H](C)[C@H](OCOC)C=C[C@@H](OC(=O)c2ccccc2)[C@H]1C. The van der Waals surface area contributed by atoms with Crippen molar-refractivity contribution in [2.45, 2.75) is 71.1 Å². The van der Waals surface area contributed by atoms with Crippen molar-refractivity contribution in [3.05, 3.63) is 48.0 Å². The third kappa shape index (κ3) is 6.03. The Bertz CT molecular complexity index is 665. The minimum Gasteiger partial charge on any atom is -0.454 e. The second-order valence-corrected chi connectivity index (χ2v) is 12.9. The number of hydrogen-bond donors (Lipinski definition) is 0. The molecule has 168 valence electrons. The molecule has 0 amide bonds. The summed E-state index contributed by atoms with van der Waals surface area (Å²) >= 11 is 0. The molecule has 1 aromatic rings. The van der Waals surface area contributed by atoms with Gasteiger partial charge in [-0.25, -0.2) is 4.79 Å². The quantitative estimate of drug-likeness (QED) is 0.213. The summed E-state index contributed by atoms with van der Waals surface area (Å²) < 4.78 is 24.0. The first kappa shape index (κ1) is 24.8. The van der Waals surface area contributed by atoms with Gasteiger partial charge in [-0.05, 0) is 36.3 Å². The molecule has 2 rings (SSSR count). The normalized spacial score (nSPS) is 26.9. The van der Waals surface area contributed by atoms with Gasteiger partial charge in [0.15, 0.2) is 8.32 Å². The summed E-state index contributed by atoms with van der Waals surface area (Å²) in [6.45, 7) is 11.2. The molecule has 0 aliphatic heterocycles. The van der Waals surface area contributed by atoms with Crippen molar-refractivity contribution in [1.29, 1.82) is 0 Å². The molecule has 0 heterocycles. The summed E-state index contributed by atoms with van der Waals surface area (Å²) in [7, 11) is -0.240. The lowest BCUT2D eigenvalue weighted by Gasteiger charge is -2.40. The summed E-state index contributed by atoms with van der Waals surface area (Å²) in [5.74, 6) is -0.190. The molecule has 0 N–H and O–H groups in total. The fraction of sp³-hybridized carbons (Fsp3) is 0.625. The van der Waals surface area contributed by atoms with E-state index >= 15 is 0 Å². The highest BCUT2D eigenvalue weighted by atomic mass is 28.4. The summed E-state index contributed by atoms with van der Waals surface area (Å²) in [5.41, 5.74) is 0.555. The molecule has 5 nitrogen and oxygen atoms in total. The largest absolute Gasteiger partial charge is 0.454 e. The number of carbonyl (C=O) groups is 1. The van der Waals surface area contributed by atoms with E-state index < -0.39 is 8.32 Å². The predicted molar refractivity (Wildman–Crippen MR) is 122 cm³/mol. The molecule has 0 fully saturated rings. The smallest absolute Gasteiger partial charge is 0.338 e. The van der Waals surface area contributed by atoms with Crippen LogP contribution in [0.15, 0.2) is 42.5 Å². The van der Waals surface area contributed by atoms with Crippen molar-refractivity contribution in [2.75, 3.05) is 13.9 Å². The Morgan fingerprint density at radius 3 is 2.07 bits per heavy atom. The zero-order valence-corrected chi connectivity index (χ0v) is 20.3. The van der Waals surface area contributed by atoms with Crippen LogP contribution in [-0.4, -0.2) is 46.5 Å². The molecule has 0 saturated carbocycles. The number of rotatable bonds is 10. The van der Waals surface area contributed by atoms with Gasteiger partial charge in [0.05, 0.1) is 17.8 Å². The standard InChI is InChI=1S/C24H38O5Si/c1-7-30(8-2,9-3)29-23-18(4)21(27-17-26-6)15-16-22(19(23)5)28-24(25)20-13-11-10-12-14-20/h10-16,18-19,21-23H,7-9,17H2,1-6H3/t18-,19+,21+,22+,23-/m0/s1. The maximum atomic E-state index is 12.7. The second-order valence-electron chi connectivity index (χ2n) is 8.20. The van der Waals surface area contributed by atoms with Crippen LogP contribution < -0.4 is 0 Å². The minimum atomic E-state index is -1.86. The zero-order valence-electron chi connectivity index (χ0n) is 19.3. The van der Waals surface area contributed by atoms with E-state index in [9.17, 15) is 4.79 Å².